The third-order valence-corrected chi connectivity index (χ3v) is 7.18. The Bertz CT molecular complexity index is 1180. The quantitative estimate of drug-likeness (QED) is 0.451. The van der Waals surface area contributed by atoms with Crippen molar-refractivity contribution >= 4 is 5.57 Å². The largest absolute Gasteiger partial charge is 0.0834 e. The van der Waals surface area contributed by atoms with Crippen molar-refractivity contribution in [2.75, 3.05) is 0 Å². The number of hydrogen-bond donors (Lipinski definition) is 0. The summed E-state index contributed by atoms with van der Waals surface area (Å²) in [5.41, 5.74) is 14.1. The number of allylic oxidation sites excluding steroid dienone is 10. The third kappa shape index (κ3) is 5.38. The van der Waals surface area contributed by atoms with Crippen molar-refractivity contribution in [3.8, 4) is 11.1 Å². The van der Waals surface area contributed by atoms with Gasteiger partial charge in [0.15, 0.2) is 0 Å². The Morgan fingerprint density at radius 1 is 0.970 bits per heavy atom. The summed E-state index contributed by atoms with van der Waals surface area (Å²) in [6, 6.07) is 11.7. The first-order valence-corrected chi connectivity index (χ1v) is 12.6. The van der Waals surface area contributed by atoms with Crippen LogP contribution in [0.4, 0.5) is 0 Å². The van der Waals surface area contributed by atoms with Gasteiger partial charge in [-0.25, -0.2) is 0 Å². The first-order chi connectivity index (χ1) is 16.0. The summed E-state index contributed by atoms with van der Waals surface area (Å²) in [6.07, 6.45) is 21.7. The average molecular weight is 435 g/mol. The summed E-state index contributed by atoms with van der Waals surface area (Å²) in [5, 5.41) is 0. The maximum atomic E-state index is 2.47. The Balaban J connectivity index is 1.71. The topological polar surface area (TPSA) is 0 Å². The molecule has 0 radical (unpaired) electrons. The van der Waals surface area contributed by atoms with E-state index in [0.29, 0.717) is 5.92 Å². The normalized spacial score (nSPS) is 18.7. The lowest BCUT2D eigenvalue weighted by atomic mass is 9.87. The van der Waals surface area contributed by atoms with Gasteiger partial charge in [0.05, 0.1) is 0 Å². The number of aryl methyl sites for hydroxylation is 2. The predicted molar refractivity (Wildman–Crippen MR) is 146 cm³/mol. The van der Waals surface area contributed by atoms with E-state index in [0.717, 1.165) is 32.1 Å². The Hall–Kier alpha value is -2.86. The van der Waals surface area contributed by atoms with Crippen LogP contribution in [0, 0.1) is 19.8 Å². The first-order valence-electron chi connectivity index (χ1n) is 12.6. The molecule has 0 bridgehead atoms. The van der Waals surface area contributed by atoms with Crippen LogP contribution in [0.25, 0.3) is 16.7 Å². The summed E-state index contributed by atoms with van der Waals surface area (Å²) >= 11 is 0. The molecular formula is C33H38. The molecule has 2 aromatic rings. The Kier molecular flexibility index (Phi) is 7.33. The van der Waals surface area contributed by atoms with E-state index in [2.05, 4.69) is 107 Å². The van der Waals surface area contributed by atoms with Crippen molar-refractivity contribution in [2.45, 2.75) is 66.7 Å². The van der Waals surface area contributed by atoms with E-state index in [9.17, 15) is 0 Å². The monoisotopic (exact) mass is 434 g/mol. The maximum absolute atomic E-state index is 2.47. The minimum absolute atomic E-state index is 0.615. The van der Waals surface area contributed by atoms with E-state index in [4.69, 9.17) is 0 Å². The van der Waals surface area contributed by atoms with E-state index < -0.39 is 0 Å². The van der Waals surface area contributed by atoms with Gasteiger partial charge in [-0.05, 0) is 109 Å². The molecule has 33 heavy (non-hydrogen) atoms. The van der Waals surface area contributed by atoms with Crippen molar-refractivity contribution in [1.82, 2.24) is 0 Å². The molecule has 2 aliphatic carbocycles. The molecule has 0 N–H and O–H groups in total. The molecule has 0 amide bonds. The highest BCUT2D eigenvalue weighted by atomic mass is 14.2. The average Bonchev–Trinajstić information content (AvgIpc) is 2.86. The molecule has 2 aromatic carbocycles. The zero-order valence-corrected chi connectivity index (χ0v) is 21.0. The zero-order chi connectivity index (χ0) is 23.4. The fraction of sp³-hybridized carbons (Fsp3) is 0.333. The second kappa shape index (κ2) is 10.4. The van der Waals surface area contributed by atoms with Crippen LogP contribution >= 0.6 is 0 Å². The van der Waals surface area contributed by atoms with Crippen LogP contribution in [-0.4, -0.2) is 0 Å². The lowest BCUT2D eigenvalue weighted by Gasteiger charge is -2.18. The predicted octanol–water partition coefficient (Wildman–Crippen LogP) is 9.28. The van der Waals surface area contributed by atoms with E-state index in [-0.39, 0.29) is 0 Å². The molecule has 0 fully saturated rings. The fourth-order valence-corrected chi connectivity index (χ4v) is 5.17. The fourth-order valence-electron chi connectivity index (χ4n) is 5.17. The second-order valence-electron chi connectivity index (χ2n) is 9.81. The van der Waals surface area contributed by atoms with E-state index in [1.165, 1.54) is 55.7 Å². The van der Waals surface area contributed by atoms with Crippen LogP contribution in [0.5, 0.6) is 0 Å². The molecular weight excluding hydrogens is 396 g/mol. The van der Waals surface area contributed by atoms with Crippen molar-refractivity contribution in [2.24, 2.45) is 5.92 Å². The molecule has 4 rings (SSSR count). The Morgan fingerprint density at radius 2 is 1.79 bits per heavy atom. The molecule has 170 valence electrons. The molecule has 0 saturated heterocycles. The minimum atomic E-state index is 0.615. The molecule has 0 spiro atoms. The third-order valence-electron chi connectivity index (χ3n) is 7.18. The minimum Gasteiger partial charge on any atom is -0.0834 e. The van der Waals surface area contributed by atoms with Crippen molar-refractivity contribution in [3.63, 3.8) is 0 Å². The van der Waals surface area contributed by atoms with Crippen LogP contribution in [0.15, 0.2) is 84.0 Å². The van der Waals surface area contributed by atoms with Gasteiger partial charge < -0.3 is 0 Å². The number of fused-ring (bicyclic) bond motifs is 1. The van der Waals surface area contributed by atoms with Crippen LogP contribution in [0.3, 0.4) is 0 Å². The smallest absolute Gasteiger partial charge is 0.00887 e. The molecule has 0 heteroatoms. The van der Waals surface area contributed by atoms with E-state index in [1.54, 1.807) is 0 Å². The number of rotatable bonds is 3. The van der Waals surface area contributed by atoms with Gasteiger partial charge >= 0.3 is 0 Å². The van der Waals surface area contributed by atoms with Gasteiger partial charge in [0.1, 0.15) is 0 Å². The highest BCUT2D eigenvalue weighted by Gasteiger charge is 2.15. The summed E-state index contributed by atoms with van der Waals surface area (Å²) in [7, 11) is 0. The molecule has 1 atom stereocenters. The summed E-state index contributed by atoms with van der Waals surface area (Å²) < 4.78 is 0. The second-order valence-corrected chi connectivity index (χ2v) is 9.81. The van der Waals surface area contributed by atoms with Gasteiger partial charge in [-0.3, -0.25) is 0 Å². The Labute approximate surface area is 201 Å². The van der Waals surface area contributed by atoms with E-state index >= 15 is 0 Å². The van der Waals surface area contributed by atoms with Gasteiger partial charge in [0.2, 0.25) is 0 Å². The van der Waals surface area contributed by atoms with Crippen molar-refractivity contribution in [3.05, 3.63) is 112 Å². The van der Waals surface area contributed by atoms with Crippen molar-refractivity contribution < 1.29 is 0 Å². The molecule has 0 heterocycles. The SMILES string of the molecule is CCc1cc(C)cc(-c2ccc3c(c2C)CCC=C(C2=CC=CC(C)CC=C2)CC=C3C)c1. The van der Waals surface area contributed by atoms with Gasteiger partial charge in [0.25, 0.3) is 0 Å². The molecule has 0 nitrogen and oxygen atoms in total. The van der Waals surface area contributed by atoms with Crippen LogP contribution < -0.4 is 0 Å². The molecule has 0 aliphatic heterocycles. The standard InChI is InChI=1S/C33H38/c1-6-27-20-24(3)21-30(22-27)32-19-18-31-25(4)16-17-29(14-9-15-33(31)26(32)5)28-12-7-10-23(2)11-8-13-28/h7-8,10,12-14,16,18-23H,6,9,11,15,17H2,1-5H3. The summed E-state index contributed by atoms with van der Waals surface area (Å²) in [4.78, 5) is 0. The number of hydrogen-bond acceptors (Lipinski definition) is 0. The highest BCUT2D eigenvalue weighted by molar-refractivity contribution is 5.76. The number of benzene rings is 2. The lowest BCUT2D eigenvalue weighted by Crippen LogP contribution is -1.99. The zero-order valence-electron chi connectivity index (χ0n) is 21.0. The van der Waals surface area contributed by atoms with Gasteiger partial charge in [-0.1, -0.05) is 92.3 Å². The summed E-state index contributed by atoms with van der Waals surface area (Å²) in [5.74, 6) is 0.615. The van der Waals surface area contributed by atoms with Crippen LogP contribution in [0.2, 0.25) is 0 Å². The summed E-state index contributed by atoms with van der Waals surface area (Å²) in [6.45, 7) is 11.3. The van der Waals surface area contributed by atoms with Gasteiger partial charge in [0, 0.05) is 0 Å². The van der Waals surface area contributed by atoms with Crippen LogP contribution in [-0.2, 0) is 12.8 Å². The molecule has 1 unspecified atom stereocenters. The van der Waals surface area contributed by atoms with Gasteiger partial charge in [-0.2, -0.15) is 0 Å². The van der Waals surface area contributed by atoms with Crippen LogP contribution in [0.1, 0.15) is 67.9 Å². The van der Waals surface area contributed by atoms with Crippen molar-refractivity contribution in [1.29, 1.82) is 0 Å². The van der Waals surface area contributed by atoms with Gasteiger partial charge in [-0.15, -0.1) is 0 Å². The molecule has 0 aromatic heterocycles. The molecule has 2 aliphatic rings. The maximum Gasteiger partial charge on any atom is -0.00887 e. The lowest BCUT2D eigenvalue weighted by molar-refractivity contribution is 0.743. The highest BCUT2D eigenvalue weighted by Crippen LogP contribution is 2.35. The van der Waals surface area contributed by atoms with E-state index in [1.807, 2.05) is 0 Å². The molecule has 0 saturated carbocycles. The Morgan fingerprint density at radius 3 is 2.61 bits per heavy atom. The first kappa shape index (κ1) is 23.3.